The molecule has 4 aromatic rings. The lowest BCUT2D eigenvalue weighted by Gasteiger charge is -2.25. The zero-order valence-electron chi connectivity index (χ0n) is 22.1. The van der Waals surface area contributed by atoms with Crippen LogP contribution in [-0.4, -0.2) is 23.9 Å². The SMILES string of the molecule is CP(=C1C=CC=C1)(c1ccccc1)c1ccccc1.CP(=C1C=CC=C1)(c1ccccc1)c1ccccc1. The molecule has 0 radical (unpaired) electrons. The van der Waals surface area contributed by atoms with Crippen LogP contribution < -0.4 is 21.2 Å². The second-order valence-corrected chi connectivity index (χ2v) is 16.8. The van der Waals surface area contributed by atoms with Gasteiger partial charge >= 0.3 is 0 Å². The molecule has 2 heteroatoms. The third-order valence-electron chi connectivity index (χ3n) is 7.41. The van der Waals surface area contributed by atoms with E-state index in [1.807, 2.05) is 0 Å². The fourth-order valence-corrected chi connectivity index (χ4v) is 11.5. The van der Waals surface area contributed by atoms with Crippen molar-refractivity contribution in [2.45, 2.75) is 0 Å². The summed E-state index contributed by atoms with van der Waals surface area (Å²) in [4.78, 5) is 0. The first-order valence-electron chi connectivity index (χ1n) is 13.0. The van der Waals surface area contributed by atoms with Crippen molar-refractivity contribution in [3.05, 3.63) is 170 Å². The summed E-state index contributed by atoms with van der Waals surface area (Å²) >= 11 is 0. The fraction of sp³-hybridized carbons (Fsp3) is 0.0556. The van der Waals surface area contributed by atoms with Gasteiger partial charge in [0.05, 0.1) is 0 Å². The Morgan fingerprint density at radius 3 is 0.737 bits per heavy atom. The van der Waals surface area contributed by atoms with Crippen molar-refractivity contribution in [2.75, 3.05) is 13.3 Å². The fourth-order valence-electron chi connectivity index (χ4n) is 5.12. The van der Waals surface area contributed by atoms with E-state index in [-0.39, 0.29) is 0 Å². The first kappa shape index (κ1) is 26.1. The van der Waals surface area contributed by atoms with Crippen LogP contribution in [0.25, 0.3) is 0 Å². The molecule has 0 atom stereocenters. The van der Waals surface area contributed by atoms with Crippen LogP contribution in [0.1, 0.15) is 0 Å². The zero-order chi connectivity index (χ0) is 26.3. The average molecular weight is 529 g/mol. The lowest BCUT2D eigenvalue weighted by Crippen LogP contribution is -2.19. The summed E-state index contributed by atoms with van der Waals surface area (Å²) in [7, 11) is 0. The first-order valence-corrected chi connectivity index (χ1v) is 17.5. The summed E-state index contributed by atoms with van der Waals surface area (Å²) in [5, 5.41) is 8.65. The van der Waals surface area contributed by atoms with E-state index in [1.54, 1.807) is 0 Å². The maximum Gasteiger partial charge on any atom is -0.0199 e. The van der Waals surface area contributed by atoms with Crippen molar-refractivity contribution < 1.29 is 0 Å². The molecule has 0 N–H and O–H groups in total. The van der Waals surface area contributed by atoms with Crippen LogP contribution in [0, 0.1) is 0 Å². The number of rotatable bonds is 4. The highest BCUT2D eigenvalue weighted by molar-refractivity contribution is 7.89. The molecule has 6 rings (SSSR count). The van der Waals surface area contributed by atoms with Gasteiger partial charge in [-0.25, -0.2) is 0 Å². The highest BCUT2D eigenvalue weighted by Gasteiger charge is 2.21. The van der Waals surface area contributed by atoms with Crippen LogP contribution in [0.2, 0.25) is 0 Å². The maximum absolute atomic E-state index is 2.41. The molecule has 0 heterocycles. The molecule has 0 fully saturated rings. The molecule has 4 aromatic carbocycles. The van der Waals surface area contributed by atoms with E-state index in [0.29, 0.717) is 0 Å². The molecule has 2 aliphatic carbocycles. The Balaban J connectivity index is 0.000000155. The third kappa shape index (κ3) is 5.21. The second kappa shape index (κ2) is 11.9. The minimum absolute atomic E-state index is 1.44. The van der Waals surface area contributed by atoms with E-state index >= 15 is 0 Å². The molecule has 0 nitrogen and oxygen atoms in total. The Kier molecular flexibility index (Phi) is 8.14. The molecule has 38 heavy (non-hydrogen) atoms. The molecule has 0 unspecified atom stereocenters. The van der Waals surface area contributed by atoms with Gasteiger partial charge in [0.25, 0.3) is 0 Å². The minimum atomic E-state index is -1.48. The lowest BCUT2D eigenvalue weighted by atomic mass is 10.4. The summed E-state index contributed by atoms with van der Waals surface area (Å²) in [6, 6.07) is 43.5. The molecule has 188 valence electrons. The summed E-state index contributed by atoms with van der Waals surface area (Å²) in [5.74, 6) is 0. The number of benzene rings is 4. The van der Waals surface area contributed by atoms with Gasteiger partial charge in [0.1, 0.15) is 0 Å². The highest BCUT2D eigenvalue weighted by atomic mass is 31.2. The van der Waals surface area contributed by atoms with Crippen molar-refractivity contribution in [2.24, 2.45) is 0 Å². The van der Waals surface area contributed by atoms with Crippen molar-refractivity contribution in [3.63, 3.8) is 0 Å². The Morgan fingerprint density at radius 2 is 0.526 bits per heavy atom. The van der Waals surface area contributed by atoms with Gasteiger partial charge in [-0.3, -0.25) is 0 Å². The molecular weight excluding hydrogens is 494 g/mol. The quantitative estimate of drug-likeness (QED) is 0.247. The lowest BCUT2D eigenvalue weighted by molar-refractivity contribution is 1.75. The topological polar surface area (TPSA) is 0 Å². The van der Waals surface area contributed by atoms with E-state index in [1.165, 1.54) is 31.8 Å². The molecule has 0 spiro atoms. The second-order valence-electron chi connectivity index (χ2n) is 9.64. The van der Waals surface area contributed by atoms with Crippen molar-refractivity contribution in [3.8, 4) is 0 Å². The summed E-state index contributed by atoms with van der Waals surface area (Å²) in [6.45, 7) is 1.86. The van der Waals surface area contributed by atoms with E-state index in [4.69, 9.17) is 0 Å². The normalized spacial score (nSPS) is 14.1. The van der Waals surface area contributed by atoms with E-state index < -0.39 is 13.8 Å². The monoisotopic (exact) mass is 528 g/mol. The molecule has 0 aliphatic heterocycles. The van der Waals surface area contributed by atoms with Gasteiger partial charge in [0.15, 0.2) is 0 Å². The summed E-state index contributed by atoms with van der Waals surface area (Å²) in [5.41, 5.74) is 0. The molecular formula is C36H34P2. The number of allylic oxidation sites excluding steroid dienone is 8. The molecule has 0 aromatic heterocycles. The van der Waals surface area contributed by atoms with Gasteiger partial charge in [-0.15, -0.1) is 0 Å². The molecule has 0 bridgehead atoms. The Hall–Kier alpha value is -3.56. The molecule has 0 saturated heterocycles. The first-order chi connectivity index (χ1) is 18.6. The smallest absolute Gasteiger partial charge is 0.0199 e. The van der Waals surface area contributed by atoms with Crippen LogP contribution in [0.15, 0.2) is 170 Å². The van der Waals surface area contributed by atoms with Crippen molar-refractivity contribution in [1.82, 2.24) is 0 Å². The van der Waals surface area contributed by atoms with Crippen LogP contribution in [-0.2, 0) is 0 Å². The van der Waals surface area contributed by atoms with Crippen LogP contribution in [0.5, 0.6) is 0 Å². The highest BCUT2D eigenvalue weighted by Crippen LogP contribution is 2.45. The average Bonchev–Trinajstić information content (AvgIpc) is 3.75. The van der Waals surface area contributed by atoms with E-state index in [9.17, 15) is 0 Å². The van der Waals surface area contributed by atoms with Gasteiger partial charge in [-0.05, 0) is 58.9 Å². The van der Waals surface area contributed by atoms with E-state index in [0.717, 1.165) is 0 Å². The van der Waals surface area contributed by atoms with Gasteiger partial charge < -0.3 is 0 Å². The standard InChI is InChI=1S/2C18H17P/c2*1-19(18-14-8-9-15-18,16-10-4-2-5-11-16)17-12-6-3-7-13-17/h2*2-15H,1H3. The third-order valence-corrected chi connectivity index (χ3v) is 15.4. The Morgan fingerprint density at radius 1 is 0.316 bits per heavy atom. The molecule has 0 amide bonds. The summed E-state index contributed by atoms with van der Waals surface area (Å²) < 4.78 is 0. The minimum Gasteiger partial charge on any atom is -0.0622 e. The van der Waals surface area contributed by atoms with Crippen molar-refractivity contribution >= 4 is 45.6 Å². The van der Waals surface area contributed by atoms with Gasteiger partial charge in [0, 0.05) is 0 Å². The predicted octanol–water partition coefficient (Wildman–Crippen LogP) is 7.17. The number of hydrogen-bond donors (Lipinski definition) is 0. The van der Waals surface area contributed by atoms with Crippen LogP contribution in [0.4, 0.5) is 0 Å². The molecule has 0 saturated carbocycles. The van der Waals surface area contributed by atoms with Crippen LogP contribution in [0.3, 0.4) is 0 Å². The van der Waals surface area contributed by atoms with Gasteiger partial charge in [-0.1, -0.05) is 170 Å². The zero-order valence-corrected chi connectivity index (χ0v) is 23.8. The maximum atomic E-state index is 2.41. The summed E-state index contributed by atoms with van der Waals surface area (Å²) in [6.07, 6.45) is 17.6. The van der Waals surface area contributed by atoms with E-state index in [2.05, 4.69) is 183 Å². The Labute approximate surface area is 228 Å². The van der Waals surface area contributed by atoms with Crippen LogP contribution >= 0.6 is 13.8 Å². The predicted molar refractivity (Wildman–Crippen MR) is 177 cm³/mol. The molecule has 2 aliphatic rings. The Bertz CT molecular complexity index is 1360. The number of hydrogen-bond acceptors (Lipinski definition) is 0. The van der Waals surface area contributed by atoms with Gasteiger partial charge in [-0.2, -0.15) is 0 Å². The largest absolute Gasteiger partial charge is 0.0622 e. The van der Waals surface area contributed by atoms with Crippen molar-refractivity contribution in [1.29, 1.82) is 0 Å². The van der Waals surface area contributed by atoms with Gasteiger partial charge in [0.2, 0.25) is 0 Å².